The van der Waals surface area contributed by atoms with Gasteiger partial charge in [0.1, 0.15) is 11.8 Å². The van der Waals surface area contributed by atoms with Gasteiger partial charge in [0.2, 0.25) is 11.6 Å². The molecule has 0 radical (unpaired) electrons. The predicted octanol–water partition coefficient (Wildman–Crippen LogP) is 1.17. The number of benzene rings is 1. The fourth-order valence-electron chi connectivity index (χ4n) is 7.66. The highest BCUT2D eigenvalue weighted by Crippen LogP contribution is 2.56. The second-order valence-electron chi connectivity index (χ2n) is 12.1. The van der Waals surface area contributed by atoms with Crippen molar-refractivity contribution in [3.63, 3.8) is 0 Å². The van der Waals surface area contributed by atoms with Crippen LogP contribution in [0.4, 0.5) is 0 Å². The third-order valence-corrected chi connectivity index (χ3v) is 9.48. The van der Waals surface area contributed by atoms with E-state index in [2.05, 4.69) is 11.4 Å². The summed E-state index contributed by atoms with van der Waals surface area (Å²) < 4.78 is 22.6. The number of esters is 2. The van der Waals surface area contributed by atoms with E-state index in [0.717, 1.165) is 6.92 Å². The number of nitrogens with zero attached hydrogens (tertiary/aromatic N) is 3. The van der Waals surface area contributed by atoms with Crippen molar-refractivity contribution in [2.24, 2.45) is 0 Å². The number of amides is 1. The van der Waals surface area contributed by atoms with Crippen LogP contribution in [-0.4, -0.2) is 97.0 Å². The molecule has 0 unspecified atom stereocenters. The molecule has 1 aromatic rings. The maximum atomic E-state index is 13.9. The molecule has 248 valence electrons. The van der Waals surface area contributed by atoms with Crippen LogP contribution in [0.15, 0.2) is 22.5 Å². The summed E-state index contributed by atoms with van der Waals surface area (Å²) in [5.74, 6) is -3.45. The summed E-state index contributed by atoms with van der Waals surface area (Å²) in [6, 6.07) is -1.49. The van der Waals surface area contributed by atoms with Crippen molar-refractivity contribution in [2.45, 2.75) is 77.7 Å². The predicted molar refractivity (Wildman–Crippen MR) is 162 cm³/mol. The van der Waals surface area contributed by atoms with E-state index in [9.17, 15) is 34.0 Å². The van der Waals surface area contributed by atoms with Crippen molar-refractivity contribution < 1.29 is 47.7 Å². The van der Waals surface area contributed by atoms with Crippen molar-refractivity contribution in [1.82, 2.24) is 15.1 Å². The van der Waals surface area contributed by atoms with Gasteiger partial charge in [0.15, 0.2) is 23.0 Å². The first-order valence-corrected chi connectivity index (χ1v) is 15.0. The topological polar surface area (TPSA) is 182 Å². The Morgan fingerprint density at radius 2 is 1.55 bits per heavy atom. The lowest BCUT2D eigenvalue weighted by atomic mass is 9.69. The van der Waals surface area contributed by atoms with E-state index >= 15 is 0 Å². The Labute approximate surface area is 271 Å². The summed E-state index contributed by atoms with van der Waals surface area (Å²) in [4.78, 5) is 80.8. The van der Waals surface area contributed by atoms with Gasteiger partial charge in [-0.15, -0.1) is 0 Å². The fraction of sp³-hybridized carbons (Fsp3) is 0.485. The Morgan fingerprint density at radius 1 is 0.915 bits per heavy atom. The molecule has 47 heavy (non-hydrogen) atoms. The lowest BCUT2D eigenvalue weighted by molar-refractivity contribution is -0.137. The molecule has 5 rings (SSSR count). The summed E-state index contributed by atoms with van der Waals surface area (Å²) in [6.45, 7) is 6.53. The van der Waals surface area contributed by atoms with Crippen LogP contribution in [0.2, 0.25) is 0 Å². The largest absolute Gasteiger partial charge is 0.492 e. The Morgan fingerprint density at radius 3 is 2.11 bits per heavy atom. The number of methoxy groups -OCH3 is 2. The smallest absolute Gasteiger partial charge is 0.308 e. The molecule has 5 atom stereocenters. The Hall–Kier alpha value is -4.87. The third-order valence-electron chi connectivity index (χ3n) is 9.48. The molecule has 1 amide bonds. The highest BCUT2D eigenvalue weighted by molar-refractivity contribution is 6.35. The molecule has 0 aromatic heterocycles. The first kappa shape index (κ1) is 33.5. The number of allylic oxidation sites excluding steroid dienone is 2. The molecule has 4 aliphatic rings. The molecule has 3 heterocycles. The number of likely N-dealkylation sites (N-methyl/N-ethyl adjacent to an activating group) is 1. The first-order valence-electron chi connectivity index (χ1n) is 15.0. The number of piperazine rings is 1. The zero-order valence-corrected chi connectivity index (χ0v) is 27.4. The van der Waals surface area contributed by atoms with Crippen LogP contribution >= 0.6 is 0 Å². The number of Topliss-reactive ketones (excluding diaryl/α,β-unsaturated/α-hetero) is 3. The van der Waals surface area contributed by atoms with Crippen LogP contribution in [0, 0.1) is 18.3 Å². The first-order chi connectivity index (χ1) is 22.2. The van der Waals surface area contributed by atoms with E-state index in [1.807, 2.05) is 16.8 Å². The second-order valence-corrected chi connectivity index (χ2v) is 12.1. The molecule has 1 N–H and O–H groups in total. The molecule has 1 aliphatic carbocycles. The quantitative estimate of drug-likeness (QED) is 0.193. The van der Waals surface area contributed by atoms with Crippen molar-refractivity contribution in [2.75, 3.05) is 27.8 Å². The van der Waals surface area contributed by atoms with Crippen LogP contribution in [0.25, 0.3) is 0 Å². The van der Waals surface area contributed by atoms with Crippen molar-refractivity contribution in [3.05, 3.63) is 39.2 Å². The number of fused-ring (bicyclic) bond motifs is 6. The lowest BCUT2D eigenvalue weighted by Crippen LogP contribution is -2.71. The Kier molecular flexibility index (Phi) is 8.83. The van der Waals surface area contributed by atoms with Crippen molar-refractivity contribution in [1.29, 1.82) is 5.26 Å². The van der Waals surface area contributed by atoms with Crippen LogP contribution in [-0.2, 0) is 39.9 Å². The standard InChI is InChI=1S/C33H36N4O10/c1-13-27(41)18-9-21-26-25-19(29(46-16(4)39)14(2)31(45-8)32(25)47-17(5)40)10-20(36(26)6)22(11-34)37(21)23(12-35-33(43)15(3)38)24(18)28(42)30(13)44-7/h20-23,26H,9-10,12H2,1-8H3,(H,35,43)/t20-,21-,22-,23-,26+/m0/s1. The van der Waals surface area contributed by atoms with Gasteiger partial charge in [-0.25, -0.2) is 0 Å². The molecular weight excluding hydrogens is 612 g/mol. The monoisotopic (exact) mass is 648 g/mol. The summed E-state index contributed by atoms with van der Waals surface area (Å²) in [7, 11) is 4.50. The van der Waals surface area contributed by atoms with Gasteiger partial charge in [-0.2, -0.15) is 5.26 Å². The van der Waals surface area contributed by atoms with Crippen molar-refractivity contribution in [3.8, 4) is 23.3 Å². The molecule has 1 aromatic carbocycles. The van der Waals surface area contributed by atoms with Gasteiger partial charge in [0.05, 0.1) is 32.4 Å². The normalized spacial score (nSPS) is 25.2. The number of nitrogens with one attached hydrogen (secondary N) is 1. The zero-order valence-electron chi connectivity index (χ0n) is 27.4. The average molecular weight is 649 g/mol. The van der Waals surface area contributed by atoms with Gasteiger partial charge in [0, 0.05) is 72.8 Å². The second kappa shape index (κ2) is 12.4. The molecule has 1 fully saturated rings. The van der Waals surface area contributed by atoms with Gasteiger partial charge in [-0.1, -0.05) is 0 Å². The minimum absolute atomic E-state index is 0.00332. The SMILES string of the molecule is COC1=C(C)C(=O)C2=C(C1=O)[C@H](CNC(=O)C(C)=O)N1[C@@H](C#N)[C@@H]3Cc4c(OC(C)=O)c(C)c(OC)c(OC(C)=O)c4[C@@H]([C@@H]1C2)N3C. The van der Waals surface area contributed by atoms with E-state index in [-0.39, 0.29) is 59.1 Å². The van der Waals surface area contributed by atoms with Gasteiger partial charge < -0.3 is 24.3 Å². The molecule has 14 heteroatoms. The van der Waals surface area contributed by atoms with Crippen LogP contribution in [0.5, 0.6) is 17.2 Å². The number of carbonyl (C=O) groups is 6. The van der Waals surface area contributed by atoms with Crippen LogP contribution in [0.1, 0.15) is 56.8 Å². The summed E-state index contributed by atoms with van der Waals surface area (Å²) in [5.41, 5.74) is 1.84. The number of hydrogen-bond donors (Lipinski definition) is 1. The minimum Gasteiger partial charge on any atom is -0.492 e. The van der Waals surface area contributed by atoms with Gasteiger partial charge in [-0.3, -0.25) is 38.6 Å². The Balaban J connectivity index is 1.81. The van der Waals surface area contributed by atoms with E-state index in [1.54, 1.807) is 6.92 Å². The van der Waals surface area contributed by atoms with E-state index < -0.39 is 65.4 Å². The number of ether oxygens (including phenoxy) is 4. The van der Waals surface area contributed by atoms with Crippen molar-refractivity contribution >= 4 is 35.2 Å². The zero-order chi connectivity index (χ0) is 34.6. The van der Waals surface area contributed by atoms with E-state index in [4.69, 9.17) is 18.9 Å². The summed E-state index contributed by atoms with van der Waals surface area (Å²) in [5, 5.41) is 13.3. The molecule has 1 saturated heterocycles. The van der Waals surface area contributed by atoms with Gasteiger partial charge >= 0.3 is 11.9 Å². The molecular formula is C33H36N4O10. The molecule has 0 spiro atoms. The maximum absolute atomic E-state index is 13.9. The maximum Gasteiger partial charge on any atom is 0.308 e. The number of carbonyl (C=O) groups excluding carboxylic acids is 6. The number of hydrogen-bond acceptors (Lipinski definition) is 13. The van der Waals surface area contributed by atoms with E-state index in [0.29, 0.717) is 16.7 Å². The summed E-state index contributed by atoms with van der Waals surface area (Å²) >= 11 is 0. The molecule has 0 saturated carbocycles. The fourth-order valence-corrected chi connectivity index (χ4v) is 7.66. The highest BCUT2D eigenvalue weighted by Gasteiger charge is 2.58. The third kappa shape index (κ3) is 5.19. The number of nitriles is 1. The lowest BCUT2D eigenvalue weighted by Gasteiger charge is -2.60. The Bertz CT molecular complexity index is 1750. The molecule has 2 bridgehead atoms. The van der Waals surface area contributed by atoms with Gasteiger partial charge in [0.25, 0.3) is 5.91 Å². The van der Waals surface area contributed by atoms with Crippen LogP contribution < -0.4 is 19.5 Å². The van der Waals surface area contributed by atoms with Gasteiger partial charge in [-0.05, 0) is 33.7 Å². The highest BCUT2D eigenvalue weighted by atomic mass is 16.6. The van der Waals surface area contributed by atoms with E-state index in [1.165, 1.54) is 35.0 Å². The number of rotatable bonds is 7. The number of ketones is 3. The molecule has 14 nitrogen and oxygen atoms in total. The summed E-state index contributed by atoms with van der Waals surface area (Å²) in [6.07, 6.45) is 0.169. The van der Waals surface area contributed by atoms with Crippen LogP contribution in [0.3, 0.4) is 0 Å². The minimum atomic E-state index is -1.01. The molecule has 3 aliphatic heterocycles. The average Bonchev–Trinajstić information content (AvgIpc) is 3.00.